The van der Waals surface area contributed by atoms with Crippen molar-refractivity contribution in [2.24, 2.45) is 5.10 Å². The zero-order valence-electron chi connectivity index (χ0n) is 17.4. The average Bonchev–Trinajstić information content (AvgIpc) is 3.34. The van der Waals surface area contributed by atoms with Crippen molar-refractivity contribution in [1.82, 2.24) is 5.43 Å². The van der Waals surface area contributed by atoms with E-state index in [1.165, 1.54) is 31.8 Å². The summed E-state index contributed by atoms with van der Waals surface area (Å²) in [4.78, 5) is 37.9. The Hall–Kier alpha value is -3.40. The van der Waals surface area contributed by atoms with Gasteiger partial charge in [0, 0.05) is 10.4 Å². The van der Waals surface area contributed by atoms with E-state index < -0.39 is 17.8 Å². The second-order valence-electron chi connectivity index (χ2n) is 6.54. The standard InChI is InChI=1S/C21H23N3O6S/c1-4-30-21(27)17-14-6-5-7-16(14)31-20(17)23-18(25)19(26)24-22-11-12-10-13(28-2)8-9-15(12)29-3/h8-11H,4-7H2,1-3H3,(H,23,25)(H,24,26). The molecule has 1 aromatic heterocycles. The van der Waals surface area contributed by atoms with Crippen LogP contribution in [0, 0.1) is 0 Å². The summed E-state index contributed by atoms with van der Waals surface area (Å²) in [7, 11) is 3.03. The molecule has 164 valence electrons. The number of fused-ring (bicyclic) bond motifs is 1. The van der Waals surface area contributed by atoms with Crippen LogP contribution in [0.2, 0.25) is 0 Å². The maximum absolute atomic E-state index is 12.4. The number of esters is 1. The van der Waals surface area contributed by atoms with Crippen molar-refractivity contribution in [1.29, 1.82) is 0 Å². The molecule has 1 aliphatic carbocycles. The van der Waals surface area contributed by atoms with Crippen molar-refractivity contribution >= 4 is 40.3 Å². The Morgan fingerprint density at radius 2 is 1.97 bits per heavy atom. The van der Waals surface area contributed by atoms with Crippen LogP contribution in [0.3, 0.4) is 0 Å². The summed E-state index contributed by atoms with van der Waals surface area (Å²) >= 11 is 1.30. The minimum atomic E-state index is -0.971. The molecule has 2 N–H and O–H groups in total. The van der Waals surface area contributed by atoms with Crippen LogP contribution in [0.25, 0.3) is 0 Å². The van der Waals surface area contributed by atoms with Crippen molar-refractivity contribution in [3.63, 3.8) is 0 Å². The summed E-state index contributed by atoms with van der Waals surface area (Å²) in [5.41, 5.74) is 3.96. The number of amides is 2. The molecule has 9 nitrogen and oxygen atoms in total. The Bertz CT molecular complexity index is 1030. The van der Waals surface area contributed by atoms with E-state index in [2.05, 4.69) is 15.8 Å². The second-order valence-corrected chi connectivity index (χ2v) is 7.65. The smallest absolute Gasteiger partial charge is 0.341 e. The summed E-state index contributed by atoms with van der Waals surface area (Å²) in [5, 5.41) is 6.65. The molecule has 0 fully saturated rings. The summed E-state index contributed by atoms with van der Waals surface area (Å²) in [6, 6.07) is 5.09. The molecule has 10 heteroatoms. The third-order valence-corrected chi connectivity index (χ3v) is 5.85. The van der Waals surface area contributed by atoms with Gasteiger partial charge in [-0.3, -0.25) is 9.59 Å². The predicted octanol–water partition coefficient (Wildman–Crippen LogP) is 2.52. The highest BCUT2D eigenvalue weighted by Crippen LogP contribution is 2.39. The highest BCUT2D eigenvalue weighted by atomic mass is 32.1. The Morgan fingerprint density at radius 1 is 1.16 bits per heavy atom. The van der Waals surface area contributed by atoms with Crippen molar-refractivity contribution < 1.29 is 28.6 Å². The fourth-order valence-corrected chi connectivity index (χ4v) is 4.50. The van der Waals surface area contributed by atoms with Crippen LogP contribution in [0.5, 0.6) is 11.5 Å². The van der Waals surface area contributed by atoms with Gasteiger partial charge in [-0.2, -0.15) is 5.10 Å². The SMILES string of the molecule is CCOC(=O)c1c(NC(=O)C(=O)NN=Cc2cc(OC)ccc2OC)sc2c1CCC2. The van der Waals surface area contributed by atoms with Crippen LogP contribution in [0.15, 0.2) is 23.3 Å². The molecule has 0 aliphatic heterocycles. The van der Waals surface area contributed by atoms with E-state index in [-0.39, 0.29) is 6.61 Å². The second kappa shape index (κ2) is 10.1. The van der Waals surface area contributed by atoms with Crippen molar-refractivity contribution in [2.45, 2.75) is 26.2 Å². The van der Waals surface area contributed by atoms with E-state index in [9.17, 15) is 14.4 Å². The van der Waals surface area contributed by atoms with Gasteiger partial charge < -0.3 is 19.5 Å². The van der Waals surface area contributed by atoms with Crippen molar-refractivity contribution in [3.8, 4) is 11.5 Å². The average molecular weight is 445 g/mol. The number of ether oxygens (including phenoxy) is 3. The molecule has 3 rings (SSSR count). The van der Waals surface area contributed by atoms with Gasteiger partial charge in [0.1, 0.15) is 16.5 Å². The molecule has 0 bridgehead atoms. The fourth-order valence-electron chi connectivity index (χ4n) is 3.22. The number of carbonyl (C=O) groups excluding carboxylic acids is 3. The third-order valence-electron chi connectivity index (χ3n) is 4.64. The van der Waals surface area contributed by atoms with E-state index in [0.29, 0.717) is 27.6 Å². The summed E-state index contributed by atoms with van der Waals surface area (Å²) < 4.78 is 15.5. The molecule has 0 radical (unpaired) electrons. The van der Waals surface area contributed by atoms with Crippen molar-refractivity contribution in [2.75, 3.05) is 26.1 Å². The lowest BCUT2D eigenvalue weighted by Crippen LogP contribution is -2.32. The molecule has 0 saturated heterocycles. The van der Waals surface area contributed by atoms with E-state index in [1.807, 2.05) is 0 Å². The molecule has 2 aromatic rings. The quantitative estimate of drug-likeness (QED) is 0.293. The number of aryl methyl sites for hydroxylation is 1. The molecule has 2 amide bonds. The molecule has 0 atom stereocenters. The Labute approximate surface area is 183 Å². The minimum absolute atomic E-state index is 0.222. The van der Waals surface area contributed by atoms with Gasteiger partial charge >= 0.3 is 17.8 Å². The van der Waals surface area contributed by atoms with Gasteiger partial charge in [0.05, 0.1) is 32.6 Å². The van der Waals surface area contributed by atoms with Gasteiger partial charge in [-0.1, -0.05) is 0 Å². The Morgan fingerprint density at radius 3 is 2.68 bits per heavy atom. The largest absolute Gasteiger partial charge is 0.497 e. The molecule has 0 unspecified atom stereocenters. The minimum Gasteiger partial charge on any atom is -0.497 e. The van der Waals surface area contributed by atoms with Crippen LogP contribution in [-0.4, -0.2) is 44.8 Å². The number of nitrogens with one attached hydrogen (secondary N) is 2. The first-order chi connectivity index (χ1) is 15.0. The van der Waals surface area contributed by atoms with E-state index in [1.54, 1.807) is 25.1 Å². The molecule has 31 heavy (non-hydrogen) atoms. The number of nitrogens with zero attached hydrogens (tertiary/aromatic N) is 1. The zero-order valence-corrected chi connectivity index (χ0v) is 18.3. The number of anilines is 1. The van der Waals surface area contributed by atoms with Crippen LogP contribution < -0.4 is 20.2 Å². The van der Waals surface area contributed by atoms with Crippen LogP contribution in [0.4, 0.5) is 5.00 Å². The lowest BCUT2D eigenvalue weighted by molar-refractivity contribution is -0.136. The predicted molar refractivity (Wildman–Crippen MR) is 116 cm³/mol. The van der Waals surface area contributed by atoms with Gasteiger partial charge in [0.25, 0.3) is 0 Å². The number of thiophene rings is 1. The first kappa shape index (κ1) is 22.3. The zero-order chi connectivity index (χ0) is 22.4. The number of hydrogen-bond acceptors (Lipinski definition) is 8. The number of rotatable bonds is 7. The van der Waals surface area contributed by atoms with Gasteiger partial charge in [-0.25, -0.2) is 10.2 Å². The Balaban J connectivity index is 1.69. The summed E-state index contributed by atoms with van der Waals surface area (Å²) in [6.45, 7) is 1.94. The number of benzene rings is 1. The first-order valence-corrected chi connectivity index (χ1v) is 10.5. The van der Waals surface area contributed by atoms with Gasteiger partial charge in [-0.15, -0.1) is 11.3 Å². The fraction of sp³-hybridized carbons (Fsp3) is 0.333. The molecule has 1 aliphatic rings. The Kier molecular flexibility index (Phi) is 7.24. The maximum atomic E-state index is 12.4. The number of hydrogen-bond donors (Lipinski definition) is 2. The summed E-state index contributed by atoms with van der Waals surface area (Å²) in [5.74, 6) is -1.29. The molecular weight excluding hydrogens is 422 g/mol. The first-order valence-electron chi connectivity index (χ1n) is 9.66. The third kappa shape index (κ3) is 5.02. The highest BCUT2D eigenvalue weighted by Gasteiger charge is 2.29. The van der Waals surface area contributed by atoms with E-state index in [4.69, 9.17) is 14.2 Å². The topological polar surface area (TPSA) is 115 Å². The van der Waals surface area contributed by atoms with Crippen LogP contribution >= 0.6 is 11.3 Å². The molecule has 0 saturated carbocycles. The van der Waals surface area contributed by atoms with E-state index in [0.717, 1.165) is 29.7 Å². The number of hydrazone groups is 1. The highest BCUT2D eigenvalue weighted by molar-refractivity contribution is 7.17. The molecule has 1 aromatic carbocycles. The van der Waals surface area contributed by atoms with Crippen LogP contribution in [-0.2, 0) is 27.2 Å². The van der Waals surface area contributed by atoms with Gasteiger partial charge in [-0.05, 0) is 49.9 Å². The van der Waals surface area contributed by atoms with Gasteiger partial charge in [0.15, 0.2) is 0 Å². The molecule has 0 spiro atoms. The normalized spacial score (nSPS) is 12.4. The lowest BCUT2D eigenvalue weighted by Gasteiger charge is -2.08. The van der Waals surface area contributed by atoms with Crippen LogP contribution in [0.1, 0.15) is 39.7 Å². The van der Waals surface area contributed by atoms with E-state index >= 15 is 0 Å². The number of methoxy groups -OCH3 is 2. The summed E-state index contributed by atoms with van der Waals surface area (Å²) in [6.07, 6.45) is 3.87. The van der Waals surface area contributed by atoms with Crippen molar-refractivity contribution in [3.05, 3.63) is 39.8 Å². The van der Waals surface area contributed by atoms with Gasteiger partial charge in [0.2, 0.25) is 0 Å². The lowest BCUT2D eigenvalue weighted by atomic mass is 10.1. The monoisotopic (exact) mass is 445 g/mol. The number of carbonyl (C=O) groups is 3. The molecule has 1 heterocycles. The molecular formula is C21H23N3O6S. The maximum Gasteiger partial charge on any atom is 0.341 e.